The highest BCUT2D eigenvalue weighted by Crippen LogP contribution is 2.17. The number of alkyl halides is 1. The topological polar surface area (TPSA) is 37.3 Å². The van der Waals surface area contributed by atoms with Gasteiger partial charge in [-0.05, 0) is 41.7 Å². The molecule has 1 rings (SSSR count). The molecule has 88 valence electrons. The van der Waals surface area contributed by atoms with Crippen molar-refractivity contribution in [1.29, 1.82) is 0 Å². The van der Waals surface area contributed by atoms with Crippen LogP contribution in [0.4, 0.5) is 0 Å². The number of carbonyl (C=O) groups is 1. The summed E-state index contributed by atoms with van der Waals surface area (Å²) >= 11 is 2.39. The lowest BCUT2D eigenvalue weighted by Gasteiger charge is -2.07. The smallest absolute Gasteiger partial charge is 0.310 e. The number of benzene rings is 1. The maximum Gasteiger partial charge on any atom is 0.310 e. The van der Waals surface area contributed by atoms with Gasteiger partial charge in [0.15, 0.2) is 0 Å². The van der Waals surface area contributed by atoms with Crippen molar-refractivity contribution in [1.82, 2.24) is 0 Å². The van der Waals surface area contributed by atoms with Crippen LogP contribution < -0.4 is 0 Å². The van der Waals surface area contributed by atoms with Crippen LogP contribution in [0.5, 0.6) is 0 Å². The second-order valence-electron chi connectivity index (χ2n) is 3.95. The molecule has 0 aliphatic heterocycles. The Morgan fingerprint density at radius 1 is 1.31 bits per heavy atom. The fourth-order valence-corrected chi connectivity index (χ4v) is 2.08. The van der Waals surface area contributed by atoms with Crippen molar-refractivity contribution in [3.8, 4) is 0 Å². The summed E-state index contributed by atoms with van der Waals surface area (Å²) in [5.74, 6) is -1.18. The molecule has 0 aromatic heterocycles. The van der Waals surface area contributed by atoms with E-state index >= 15 is 0 Å². The summed E-state index contributed by atoms with van der Waals surface area (Å²) < 4.78 is 1.20. The van der Waals surface area contributed by atoms with Crippen molar-refractivity contribution >= 4 is 28.6 Å². The predicted octanol–water partition coefficient (Wildman–Crippen LogP) is 3.63. The first-order valence-electron chi connectivity index (χ1n) is 5.52. The zero-order valence-corrected chi connectivity index (χ0v) is 11.6. The van der Waals surface area contributed by atoms with E-state index in [2.05, 4.69) is 22.6 Å². The monoisotopic (exact) mass is 332 g/mol. The van der Waals surface area contributed by atoms with Gasteiger partial charge in [0.05, 0.1) is 5.92 Å². The fraction of sp³-hybridized carbons (Fsp3) is 0.462. The van der Waals surface area contributed by atoms with Gasteiger partial charge in [0.2, 0.25) is 0 Å². The Morgan fingerprint density at radius 2 is 1.94 bits per heavy atom. The van der Waals surface area contributed by atoms with Crippen molar-refractivity contribution in [3.05, 3.63) is 35.4 Å². The molecular formula is C13H17IO2. The Hall–Kier alpha value is -0.580. The van der Waals surface area contributed by atoms with Crippen LogP contribution in [0, 0.1) is 0 Å². The summed E-state index contributed by atoms with van der Waals surface area (Å²) in [5.41, 5.74) is 2.18. The largest absolute Gasteiger partial charge is 0.481 e. The van der Waals surface area contributed by atoms with Crippen LogP contribution in [0.2, 0.25) is 0 Å². The highest BCUT2D eigenvalue weighted by Gasteiger charge is 2.12. The Morgan fingerprint density at radius 3 is 2.44 bits per heavy atom. The van der Waals surface area contributed by atoms with Gasteiger partial charge in [-0.25, -0.2) is 0 Å². The average Bonchev–Trinajstić information content (AvgIpc) is 2.29. The lowest BCUT2D eigenvalue weighted by atomic mass is 9.99. The molecule has 1 atom stereocenters. The van der Waals surface area contributed by atoms with Crippen LogP contribution in [-0.4, -0.2) is 15.5 Å². The molecule has 2 nitrogen and oxygen atoms in total. The first-order chi connectivity index (χ1) is 7.65. The van der Waals surface area contributed by atoms with Crippen LogP contribution in [0.15, 0.2) is 24.3 Å². The van der Waals surface area contributed by atoms with E-state index in [1.807, 2.05) is 24.3 Å². The SMILES string of the molecule is CC(C(=O)O)c1ccc(CCCCI)cc1. The van der Waals surface area contributed by atoms with E-state index in [-0.39, 0.29) is 0 Å². The molecule has 0 fully saturated rings. The number of hydrogen-bond donors (Lipinski definition) is 1. The van der Waals surface area contributed by atoms with Crippen molar-refractivity contribution in [2.75, 3.05) is 4.43 Å². The molecule has 1 N–H and O–H groups in total. The molecule has 0 amide bonds. The maximum atomic E-state index is 10.8. The second kappa shape index (κ2) is 6.89. The Bertz CT molecular complexity index is 332. The molecule has 0 aliphatic rings. The number of hydrogen-bond acceptors (Lipinski definition) is 1. The molecule has 0 bridgehead atoms. The minimum absolute atomic E-state index is 0.414. The number of aryl methyl sites for hydroxylation is 1. The molecule has 1 aromatic carbocycles. The van der Waals surface area contributed by atoms with Crippen LogP contribution in [0.3, 0.4) is 0 Å². The van der Waals surface area contributed by atoms with E-state index in [0.29, 0.717) is 0 Å². The van der Waals surface area contributed by atoms with Crippen molar-refractivity contribution in [2.45, 2.75) is 32.1 Å². The molecule has 3 heteroatoms. The van der Waals surface area contributed by atoms with E-state index in [1.165, 1.54) is 22.8 Å². The van der Waals surface area contributed by atoms with Crippen LogP contribution >= 0.6 is 22.6 Å². The van der Waals surface area contributed by atoms with Crippen LogP contribution in [-0.2, 0) is 11.2 Å². The van der Waals surface area contributed by atoms with Gasteiger partial charge < -0.3 is 5.11 Å². The second-order valence-corrected chi connectivity index (χ2v) is 5.03. The van der Waals surface area contributed by atoms with E-state index in [4.69, 9.17) is 5.11 Å². The summed E-state index contributed by atoms with van der Waals surface area (Å²) in [6.45, 7) is 1.72. The van der Waals surface area contributed by atoms with E-state index in [1.54, 1.807) is 6.92 Å². The number of carboxylic acids is 1. The minimum atomic E-state index is -0.766. The lowest BCUT2D eigenvalue weighted by Crippen LogP contribution is -2.07. The van der Waals surface area contributed by atoms with E-state index in [9.17, 15) is 4.79 Å². The standard InChI is InChI=1S/C13H17IO2/c1-10(13(15)16)12-7-5-11(6-8-12)4-2-3-9-14/h5-8,10H,2-4,9H2,1H3,(H,15,16). The summed E-state index contributed by atoms with van der Waals surface area (Å²) in [4.78, 5) is 10.8. The Kier molecular flexibility index (Phi) is 5.80. The van der Waals surface area contributed by atoms with E-state index in [0.717, 1.165) is 12.0 Å². The number of carboxylic acid groups (broad SMARTS) is 1. The van der Waals surface area contributed by atoms with Crippen LogP contribution in [0.1, 0.15) is 36.8 Å². The van der Waals surface area contributed by atoms with Gasteiger partial charge >= 0.3 is 5.97 Å². The number of aliphatic carboxylic acids is 1. The third kappa shape index (κ3) is 4.12. The lowest BCUT2D eigenvalue weighted by molar-refractivity contribution is -0.138. The first kappa shape index (κ1) is 13.5. The number of rotatable bonds is 6. The van der Waals surface area contributed by atoms with Crippen molar-refractivity contribution in [2.24, 2.45) is 0 Å². The molecule has 0 spiro atoms. The molecule has 0 radical (unpaired) electrons. The summed E-state index contributed by atoms with van der Waals surface area (Å²) in [6.07, 6.45) is 3.54. The van der Waals surface area contributed by atoms with Crippen molar-refractivity contribution in [3.63, 3.8) is 0 Å². The summed E-state index contributed by atoms with van der Waals surface area (Å²) in [6, 6.07) is 7.94. The maximum absolute atomic E-state index is 10.8. The zero-order valence-electron chi connectivity index (χ0n) is 9.45. The Balaban J connectivity index is 2.57. The summed E-state index contributed by atoms with van der Waals surface area (Å²) in [5, 5.41) is 8.88. The molecule has 0 saturated heterocycles. The summed E-state index contributed by atoms with van der Waals surface area (Å²) in [7, 11) is 0. The van der Waals surface area contributed by atoms with Gasteiger partial charge in [-0.2, -0.15) is 0 Å². The van der Waals surface area contributed by atoms with Gasteiger partial charge in [-0.1, -0.05) is 46.9 Å². The molecule has 1 unspecified atom stereocenters. The highest BCUT2D eigenvalue weighted by molar-refractivity contribution is 14.1. The van der Waals surface area contributed by atoms with E-state index < -0.39 is 11.9 Å². The third-order valence-corrected chi connectivity index (χ3v) is 3.46. The molecule has 1 aromatic rings. The Labute approximate surface area is 110 Å². The van der Waals surface area contributed by atoms with Crippen LogP contribution in [0.25, 0.3) is 0 Å². The number of halogens is 1. The minimum Gasteiger partial charge on any atom is -0.481 e. The van der Waals surface area contributed by atoms with Gasteiger partial charge in [-0.15, -0.1) is 0 Å². The normalized spacial score (nSPS) is 12.4. The predicted molar refractivity (Wildman–Crippen MR) is 74.3 cm³/mol. The highest BCUT2D eigenvalue weighted by atomic mass is 127. The average molecular weight is 332 g/mol. The molecule has 0 saturated carbocycles. The van der Waals surface area contributed by atoms with Gasteiger partial charge in [0.1, 0.15) is 0 Å². The fourth-order valence-electron chi connectivity index (χ4n) is 1.54. The molecule has 0 aliphatic carbocycles. The van der Waals surface area contributed by atoms with Gasteiger partial charge in [-0.3, -0.25) is 4.79 Å². The molecular weight excluding hydrogens is 315 g/mol. The molecule has 16 heavy (non-hydrogen) atoms. The third-order valence-electron chi connectivity index (χ3n) is 2.70. The number of unbranched alkanes of at least 4 members (excludes halogenated alkanes) is 1. The van der Waals surface area contributed by atoms with Gasteiger partial charge in [0.25, 0.3) is 0 Å². The molecule has 0 heterocycles. The first-order valence-corrected chi connectivity index (χ1v) is 7.05. The van der Waals surface area contributed by atoms with Gasteiger partial charge in [0, 0.05) is 0 Å². The van der Waals surface area contributed by atoms with Crippen molar-refractivity contribution < 1.29 is 9.90 Å². The zero-order chi connectivity index (χ0) is 12.0. The quantitative estimate of drug-likeness (QED) is 0.491.